The van der Waals surface area contributed by atoms with Gasteiger partial charge in [0.05, 0.1) is 11.1 Å². The molecule has 3 rings (SSSR count). The van der Waals surface area contributed by atoms with Gasteiger partial charge in [-0.2, -0.15) is 5.26 Å². The zero-order valence-corrected chi connectivity index (χ0v) is 20.3. The molecule has 3 amide bonds. The van der Waals surface area contributed by atoms with E-state index in [-0.39, 0.29) is 29.8 Å². The second-order valence-electron chi connectivity index (χ2n) is 8.44. The van der Waals surface area contributed by atoms with Gasteiger partial charge < -0.3 is 10.1 Å². The number of hydrogen-bond donors (Lipinski definition) is 1. The van der Waals surface area contributed by atoms with Gasteiger partial charge in [0.15, 0.2) is 0 Å². The standard InChI is InChI=1S/C28H29N3O5/c1-2-3-16-30-26(33)21(19-29)18-20-12-14-22(15-13-20)36-25(32)11-5-4-8-17-31-27(34)23-9-6-7-10-24(23)28(31)35/h6-7,9-10,12-15,18H,2-5,8,11,16-17H2,1H3,(H,30,33). The number of esters is 1. The number of amides is 3. The van der Waals surface area contributed by atoms with E-state index in [1.165, 1.54) is 11.0 Å². The Hall–Kier alpha value is -4.25. The second kappa shape index (κ2) is 13.0. The van der Waals surface area contributed by atoms with E-state index >= 15 is 0 Å². The van der Waals surface area contributed by atoms with Crippen LogP contribution in [0.25, 0.3) is 6.08 Å². The summed E-state index contributed by atoms with van der Waals surface area (Å²) in [5.74, 6) is -0.967. The van der Waals surface area contributed by atoms with Crippen LogP contribution >= 0.6 is 0 Å². The van der Waals surface area contributed by atoms with Crippen molar-refractivity contribution in [1.82, 2.24) is 10.2 Å². The summed E-state index contributed by atoms with van der Waals surface area (Å²) in [6, 6.07) is 15.2. The van der Waals surface area contributed by atoms with Crippen molar-refractivity contribution in [3.63, 3.8) is 0 Å². The second-order valence-corrected chi connectivity index (χ2v) is 8.44. The molecule has 1 heterocycles. The number of hydrogen-bond acceptors (Lipinski definition) is 6. The van der Waals surface area contributed by atoms with Crippen LogP contribution in [-0.2, 0) is 9.59 Å². The molecule has 0 saturated heterocycles. The Morgan fingerprint density at radius 3 is 2.25 bits per heavy atom. The van der Waals surface area contributed by atoms with E-state index in [1.54, 1.807) is 48.5 Å². The normalized spacial score (nSPS) is 12.8. The summed E-state index contributed by atoms with van der Waals surface area (Å²) in [6.45, 7) is 2.85. The van der Waals surface area contributed by atoms with Crippen molar-refractivity contribution in [3.05, 3.63) is 70.8 Å². The number of fused-ring (bicyclic) bond motifs is 1. The molecular formula is C28H29N3O5. The minimum absolute atomic E-state index is 0.0112. The van der Waals surface area contributed by atoms with E-state index < -0.39 is 5.91 Å². The Morgan fingerprint density at radius 1 is 0.972 bits per heavy atom. The van der Waals surface area contributed by atoms with E-state index in [0.717, 1.165) is 12.8 Å². The minimum atomic E-state index is -0.413. The number of rotatable bonds is 12. The van der Waals surface area contributed by atoms with Crippen molar-refractivity contribution >= 4 is 29.8 Å². The first-order valence-electron chi connectivity index (χ1n) is 12.1. The van der Waals surface area contributed by atoms with Crippen molar-refractivity contribution in [2.24, 2.45) is 0 Å². The smallest absolute Gasteiger partial charge is 0.311 e. The summed E-state index contributed by atoms with van der Waals surface area (Å²) >= 11 is 0. The van der Waals surface area contributed by atoms with Crippen molar-refractivity contribution in [2.75, 3.05) is 13.1 Å². The third-order valence-electron chi connectivity index (χ3n) is 5.74. The Kier molecular flexibility index (Phi) is 9.52. The lowest BCUT2D eigenvalue weighted by Crippen LogP contribution is -2.30. The number of carbonyl (C=O) groups excluding carboxylic acids is 4. The number of imide groups is 1. The number of nitrogens with one attached hydrogen (secondary N) is 1. The lowest BCUT2D eigenvalue weighted by atomic mass is 10.1. The maximum Gasteiger partial charge on any atom is 0.311 e. The molecular weight excluding hydrogens is 458 g/mol. The van der Waals surface area contributed by atoms with E-state index in [0.29, 0.717) is 54.8 Å². The summed E-state index contributed by atoms with van der Waals surface area (Å²) < 4.78 is 5.35. The Balaban J connectivity index is 1.39. The van der Waals surface area contributed by atoms with Gasteiger partial charge in [-0.25, -0.2) is 0 Å². The predicted molar refractivity (Wildman–Crippen MR) is 134 cm³/mol. The van der Waals surface area contributed by atoms with Crippen LogP contribution in [0.2, 0.25) is 0 Å². The van der Waals surface area contributed by atoms with Gasteiger partial charge in [0.2, 0.25) is 0 Å². The fraction of sp³-hybridized carbons (Fsp3) is 0.321. The predicted octanol–water partition coefficient (Wildman–Crippen LogP) is 4.27. The van der Waals surface area contributed by atoms with Crippen LogP contribution in [-0.4, -0.2) is 41.7 Å². The minimum Gasteiger partial charge on any atom is -0.427 e. The van der Waals surface area contributed by atoms with E-state index in [2.05, 4.69) is 5.32 Å². The molecule has 0 radical (unpaired) electrons. The molecule has 0 fully saturated rings. The van der Waals surface area contributed by atoms with E-state index in [4.69, 9.17) is 4.74 Å². The Bertz CT molecular complexity index is 1160. The molecule has 36 heavy (non-hydrogen) atoms. The molecule has 2 aromatic rings. The Morgan fingerprint density at radius 2 is 1.64 bits per heavy atom. The fourth-order valence-electron chi connectivity index (χ4n) is 3.76. The topological polar surface area (TPSA) is 117 Å². The zero-order valence-electron chi connectivity index (χ0n) is 20.3. The molecule has 0 saturated carbocycles. The molecule has 8 nitrogen and oxygen atoms in total. The van der Waals surface area contributed by atoms with Crippen molar-refractivity contribution < 1.29 is 23.9 Å². The fourth-order valence-corrected chi connectivity index (χ4v) is 3.76. The van der Waals surface area contributed by atoms with Gasteiger partial charge in [0.1, 0.15) is 17.4 Å². The average molecular weight is 488 g/mol. The largest absolute Gasteiger partial charge is 0.427 e. The van der Waals surface area contributed by atoms with Crippen LogP contribution in [0.5, 0.6) is 5.75 Å². The van der Waals surface area contributed by atoms with Gasteiger partial charge in [-0.05, 0) is 55.2 Å². The molecule has 0 unspecified atom stereocenters. The monoisotopic (exact) mass is 487 g/mol. The molecule has 0 bridgehead atoms. The lowest BCUT2D eigenvalue weighted by molar-refractivity contribution is -0.134. The third kappa shape index (κ3) is 6.89. The van der Waals surface area contributed by atoms with Gasteiger partial charge in [0, 0.05) is 19.5 Å². The summed E-state index contributed by atoms with van der Waals surface area (Å²) in [5.41, 5.74) is 1.53. The number of unbranched alkanes of at least 4 members (excludes halogenated alkanes) is 3. The Labute approximate surface area is 210 Å². The van der Waals surface area contributed by atoms with Gasteiger partial charge >= 0.3 is 5.97 Å². The molecule has 0 atom stereocenters. The van der Waals surface area contributed by atoms with Crippen molar-refractivity contribution in [2.45, 2.75) is 45.4 Å². The van der Waals surface area contributed by atoms with Crippen molar-refractivity contribution in [1.29, 1.82) is 5.26 Å². The lowest BCUT2D eigenvalue weighted by Gasteiger charge is -2.13. The maximum atomic E-state index is 12.4. The highest BCUT2D eigenvalue weighted by atomic mass is 16.5. The van der Waals surface area contributed by atoms with Crippen LogP contribution in [0, 0.1) is 11.3 Å². The summed E-state index contributed by atoms with van der Waals surface area (Å²) in [6.07, 6.45) is 5.33. The first-order chi connectivity index (χ1) is 17.4. The maximum absolute atomic E-state index is 12.4. The van der Waals surface area contributed by atoms with Crippen LogP contribution in [0.1, 0.15) is 71.7 Å². The van der Waals surface area contributed by atoms with Crippen LogP contribution in [0.3, 0.4) is 0 Å². The van der Waals surface area contributed by atoms with Crippen molar-refractivity contribution in [3.8, 4) is 11.8 Å². The summed E-state index contributed by atoms with van der Waals surface area (Å²) in [5, 5.41) is 12.0. The molecule has 8 heteroatoms. The molecule has 1 N–H and O–H groups in total. The van der Waals surface area contributed by atoms with Gasteiger partial charge in [-0.3, -0.25) is 24.1 Å². The molecule has 0 aromatic heterocycles. The number of carbonyl (C=O) groups is 4. The molecule has 1 aliphatic heterocycles. The van der Waals surface area contributed by atoms with Gasteiger partial charge in [-0.1, -0.05) is 44.0 Å². The number of benzene rings is 2. The third-order valence-corrected chi connectivity index (χ3v) is 5.74. The molecule has 0 spiro atoms. The first-order valence-corrected chi connectivity index (χ1v) is 12.1. The zero-order chi connectivity index (χ0) is 25.9. The first kappa shape index (κ1) is 26.4. The highest BCUT2D eigenvalue weighted by Crippen LogP contribution is 2.23. The number of nitrogens with zero attached hydrogens (tertiary/aromatic N) is 2. The van der Waals surface area contributed by atoms with Crippen LogP contribution in [0.15, 0.2) is 54.1 Å². The number of nitriles is 1. The average Bonchev–Trinajstić information content (AvgIpc) is 3.13. The quantitative estimate of drug-likeness (QED) is 0.119. The van der Waals surface area contributed by atoms with E-state index in [9.17, 15) is 24.4 Å². The van der Waals surface area contributed by atoms with Crippen LogP contribution in [0.4, 0.5) is 0 Å². The summed E-state index contributed by atoms with van der Waals surface area (Å²) in [4.78, 5) is 50.2. The van der Waals surface area contributed by atoms with Crippen LogP contribution < -0.4 is 10.1 Å². The van der Waals surface area contributed by atoms with Gasteiger partial charge in [-0.15, -0.1) is 0 Å². The SMILES string of the molecule is CCCCNC(=O)C(C#N)=Cc1ccc(OC(=O)CCCCCN2C(=O)c3ccccc3C2=O)cc1. The highest BCUT2D eigenvalue weighted by Gasteiger charge is 2.34. The van der Waals surface area contributed by atoms with Gasteiger partial charge in [0.25, 0.3) is 17.7 Å². The molecule has 186 valence electrons. The molecule has 0 aliphatic carbocycles. The van der Waals surface area contributed by atoms with E-state index in [1.807, 2.05) is 13.0 Å². The summed E-state index contributed by atoms with van der Waals surface area (Å²) in [7, 11) is 0. The molecule has 2 aromatic carbocycles. The number of ether oxygens (including phenoxy) is 1. The highest BCUT2D eigenvalue weighted by molar-refractivity contribution is 6.21. The molecule has 1 aliphatic rings.